The van der Waals surface area contributed by atoms with Crippen molar-refractivity contribution in [3.63, 3.8) is 0 Å². The van der Waals surface area contributed by atoms with Gasteiger partial charge in [-0.2, -0.15) is 0 Å². The summed E-state index contributed by atoms with van der Waals surface area (Å²) in [6.45, 7) is 4.71. The Bertz CT molecular complexity index is 429. The molecule has 0 atom stereocenters. The molecule has 0 radical (unpaired) electrons. The molecule has 1 aliphatic carbocycles. The Labute approximate surface area is 115 Å². The molecule has 0 aliphatic heterocycles. The fourth-order valence-electron chi connectivity index (χ4n) is 1.91. The van der Waals surface area contributed by atoms with Gasteiger partial charge < -0.3 is 15.5 Å². The second-order valence-corrected chi connectivity index (χ2v) is 5.25. The summed E-state index contributed by atoms with van der Waals surface area (Å²) in [5.41, 5.74) is 2.43. The number of urea groups is 1. The van der Waals surface area contributed by atoms with Gasteiger partial charge in [-0.05, 0) is 37.6 Å². The smallest absolute Gasteiger partial charge is 0.315 e. The van der Waals surface area contributed by atoms with Crippen LogP contribution in [0.4, 0.5) is 4.79 Å². The summed E-state index contributed by atoms with van der Waals surface area (Å²) in [5.74, 6) is 0. The Balaban J connectivity index is 1.82. The number of rotatable bonds is 6. The van der Waals surface area contributed by atoms with E-state index in [0.717, 1.165) is 31.5 Å². The zero-order chi connectivity index (χ0) is 13.7. The molecule has 1 aromatic rings. The second kappa shape index (κ2) is 6.57. The third-order valence-electron chi connectivity index (χ3n) is 3.35. The van der Waals surface area contributed by atoms with E-state index in [1.807, 2.05) is 6.07 Å². The van der Waals surface area contributed by atoms with E-state index in [-0.39, 0.29) is 6.03 Å². The summed E-state index contributed by atoms with van der Waals surface area (Å²) in [6, 6.07) is 8.73. The van der Waals surface area contributed by atoms with Gasteiger partial charge in [-0.1, -0.05) is 31.2 Å². The first-order valence-electron chi connectivity index (χ1n) is 6.98. The summed E-state index contributed by atoms with van der Waals surface area (Å²) in [4.78, 5) is 13.8. The number of hydrogen-bond donors (Lipinski definition) is 2. The fraction of sp³-hybridized carbons (Fsp3) is 0.533. The van der Waals surface area contributed by atoms with Crippen molar-refractivity contribution in [3.05, 3.63) is 35.4 Å². The van der Waals surface area contributed by atoms with Gasteiger partial charge in [-0.15, -0.1) is 0 Å². The Kier molecular flexibility index (Phi) is 4.80. The van der Waals surface area contributed by atoms with Crippen LogP contribution in [-0.4, -0.2) is 30.6 Å². The highest BCUT2D eigenvalue weighted by Gasteiger charge is 2.22. The molecule has 0 unspecified atom stereocenters. The number of carbonyl (C=O) groups is 1. The number of amides is 2. The van der Waals surface area contributed by atoms with Crippen LogP contribution >= 0.6 is 0 Å². The highest BCUT2D eigenvalue weighted by Crippen LogP contribution is 2.18. The van der Waals surface area contributed by atoms with E-state index < -0.39 is 0 Å². The van der Waals surface area contributed by atoms with E-state index in [1.165, 1.54) is 5.56 Å². The molecule has 2 N–H and O–H groups in total. The van der Waals surface area contributed by atoms with Crippen molar-refractivity contribution in [1.29, 1.82) is 0 Å². The lowest BCUT2D eigenvalue weighted by molar-refractivity contribution is 0.240. The van der Waals surface area contributed by atoms with Crippen molar-refractivity contribution in [3.8, 4) is 0 Å². The third kappa shape index (κ3) is 4.91. The van der Waals surface area contributed by atoms with E-state index in [0.29, 0.717) is 12.6 Å². The molecular weight excluding hydrogens is 238 g/mol. The number of hydrogen-bond acceptors (Lipinski definition) is 2. The maximum absolute atomic E-state index is 11.5. The highest BCUT2D eigenvalue weighted by atomic mass is 16.2. The van der Waals surface area contributed by atoms with Crippen molar-refractivity contribution >= 4 is 6.03 Å². The lowest BCUT2D eigenvalue weighted by Crippen LogP contribution is -2.36. The summed E-state index contributed by atoms with van der Waals surface area (Å²) in [7, 11) is 2.11. The SMILES string of the molecule is CCN(C)Cc1cccc(CNC(=O)NC2CC2)c1. The van der Waals surface area contributed by atoms with Crippen LogP contribution in [0.5, 0.6) is 0 Å². The molecule has 1 fully saturated rings. The van der Waals surface area contributed by atoms with Crippen LogP contribution in [0.1, 0.15) is 30.9 Å². The average Bonchev–Trinajstić information content (AvgIpc) is 3.20. The van der Waals surface area contributed by atoms with E-state index >= 15 is 0 Å². The molecule has 0 spiro atoms. The number of nitrogens with zero attached hydrogens (tertiary/aromatic N) is 1. The van der Waals surface area contributed by atoms with Gasteiger partial charge >= 0.3 is 6.03 Å². The Morgan fingerprint density at radius 2 is 2.11 bits per heavy atom. The lowest BCUT2D eigenvalue weighted by atomic mass is 10.1. The maximum Gasteiger partial charge on any atom is 0.315 e. The Hall–Kier alpha value is -1.55. The van der Waals surface area contributed by atoms with Crippen LogP contribution in [0.3, 0.4) is 0 Å². The van der Waals surface area contributed by atoms with Crippen molar-refractivity contribution in [1.82, 2.24) is 15.5 Å². The zero-order valence-corrected chi connectivity index (χ0v) is 11.8. The van der Waals surface area contributed by atoms with Crippen LogP contribution in [0.2, 0.25) is 0 Å². The first-order chi connectivity index (χ1) is 9.17. The van der Waals surface area contributed by atoms with Crippen LogP contribution in [0.25, 0.3) is 0 Å². The molecule has 2 rings (SSSR count). The molecule has 1 aliphatic rings. The van der Waals surface area contributed by atoms with E-state index in [2.05, 4.69) is 47.7 Å². The van der Waals surface area contributed by atoms with Gasteiger partial charge in [-0.3, -0.25) is 0 Å². The topological polar surface area (TPSA) is 44.4 Å². The zero-order valence-electron chi connectivity index (χ0n) is 11.8. The maximum atomic E-state index is 11.5. The molecule has 0 heterocycles. The van der Waals surface area contributed by atoms with E-state index in [4.69, 9.17) is 0 Å². The normalized spacial score (nSPS) is 14.5. The lowest BCUT2D eigenvalue weighted by Gasteiger charge is -2.14. The molecule has 4 nitrogen and oxygen atoms in total. The fourth-order valence-corrected chi connectivity index (χ4v) is 1.91. The standard InChI is InChI=1S/C15H23N3O/c1-3-18(2)11-13-6-4-5-12(9-13)10-16-15(19)17-14-7-8-14/h4-6,9,14H,3,7-8,10-11H2,1-2H3,(H2,16,17,19). The highest BCUT2D eigenvalue weighted by molar-refractivity contribution is 5.74. The largest absolute Gasteiger partial charge is 0.335 e. The van der Waals surface area contributed by atoms with Crippen LogP contribution in [0, 0.1) is 0 Å². The predicted molar refractivity (Wildman–Crippen MR) is 76.8 cm³/mol. The van der Waals surface area contributed by atoms with Gasteiger partial charge in [0, 0.05) is 19.1 Å². The molecule has 0 bridgehead atoms. The van der Waals surface area contributed by atoms with Crippen molar-refractivity contribution < 1.29 is 4.79 Å². The molecule has 19 heavy (non-hydrogen) atoms. The minimum absolute atomic E-state index is 0.0569. The monoisotopic (exact) mass is 261 g/mol. The summed E-state index contributed by atoms with van der Waals surface area (Å²) >= 11 is 0. The van der Waals surface area contributed by atoms with E-state index in [9.17, 15) is 4.79 Å². The van der Waals surface area contributed by atoms with Gasteiger partial charge in [0.2, 0.25) is 0 Å². The summed E-state index contributed by atoms with van der Waals surface area (Å²) < 4.78 is 0. The molecule has 0 aromatic heterocycles. The van der Waals surface area contributed by atoms with Gasteiger partial charge in [0.15, 0.2) is 0 Å². The molecule has 2 amide bonds. The third-order valence-corrected chi connectivity index (χ3v) is 3.35. The van der Waals surface area contributed by atoms with E-state index in [1.54, 1.807) is 0 Å². The number of nitrogens with one attached hydrogen (secondary N) is 2. The summed E-state index contributed by atoms with van der Waals surface area (Å²) in [5, 5.41) is 5.82. The first kappa shape index (κ1) is 13.9. The quantitative estimate of drug-likeness (QED) is 0.823. The van der Waals surface area contributed by atoms with Gasteiger partial charge in [-0.25, -0.2) is 4.79 Å². The van der Waals surface area contributed by atoms with Gasteiger partial charge in [0.1, 0.15) is 0 Å². The molecule has 1 aromatic carbocycles. The second-order valence-electron chi connectivity index (χ2n) is 5.25. The number of carbonyl (C=O) groups excluding carboxylic acids is 1. The molecule has 104 valence electrons. The Morgan fingerprint density at radius 1 is 1.37 bits per heavy atom. The summed E-state index contributed by atoms with van der Waals surface area (Å²) in [6.07, 6.45) is 2.23. The molecule has 4 heteroatoms. The minimum Gasteiger partial charge on any atom is -0.335 e. The average molecular weight is 261 g/mol. The predicted octanol–water partition coefficient (Wildman–Crippen LogP) is 2.10. The molecule has 1 saturated carbocycles. The Morgan fingerprint density at radius 3 is 2.79 bits per heavy atom. The van der Waals surface area contributed by atoms with Crippen molar-refractivity contribution in [2.24, 2.45) is 0 Å². The van der Waals surface area contributed by atoms with Crippen molar-refractivity contribution in [2.75, 3.05) is 13.6 Å². The minimum atomic E-state index is -0.0569. The van der Waals surface area contributed by atoms with Crippen LogP contribution < -0.4 is 10.6 Å². The molecular formula is C15H23N3O. The molecule has 0 saturated heterocycles. The van der Waals surface area contributed by atoms with Crippen LogP contribution in [-0.2, 0) is 13.1 Å². The number of benzene rings is 1. The first-order valence-corrected chi connectivity index (χ1v) is 6.98. The van der Waals surface area contributed by atoms with Crippen LogP contribution in [0.15, 0.2) is 24.3 Å². The van der Waals surface area contributed by atoms with Gasteiger partial charge in [0.05, 0.1) is 0 Å². The van der Waals surface area contributed by atoms with Gasteiger partial charge in [0.25, 0.3) is 0 Å². The van der Waals surface area contributed by atoms with Crippen molar-refractivity contribution in [2.45, 2.75) is 38.9 Å².